The molecule has 0 saturated carbocycles. The van der Waals surface area contributed by atoms with Crippen LogP contribution in [0.5, 0.6) is 0 Å². The first kappa shape index (κ1) is 112. The van der Waals surface area contributed by atoms with Gasteiger partial charge in [-0.2, -0.15) is 0 Å². The van der Waals surface area contributed by atoms with Gasteiger partial charge in [0.25, 0.3) is 0 Å². The van der Waals surface area contributed by atoms with Crippen molar-refractivity contribution < 1.29 is 62.9 Å². The van der Waals surface area contributed by atoms with E-state index in [1.807, 2.05) is 56.6 Å². The van der Waals surface area contributed by atoms with Crippen LogP contribution in [-0.4, -0.2) is 81.6 Å². The zero-order valence-corrected chi connectivity index (χ0v) is 59.1. The SMILES string of the molecule is C.C.C.C.C.C.C.C.CC(CC1C(=O)OC(=O)C1C)c1ccccc1.CC(CO)CC1C(=O)OC(=O)C1C.CCC(C)C(=O)O.CCC(C)CN.CCC(C)c1ccc(CCl)cc1.CCC(CC(C)c1ccncc1)c1cc[n+](CCCCCC(=O)O)cc1.CCC(CCCCN)C(C)=O. The number of carbonyl (C=O) groups excluding carboxylic acids is 5. The van der Waals surface area contributed by atoms with Gasteiger partial charge in [-0.05, 0) is 166 Å². The number of Topliss-reactive ketones (excluding diaryl/α,β-unsaturated/α-hetero) is 1. The van der Waals surface area contributed by atoms with Gasteiger partial charge >= 0.3 is 35.8 Å². The number of esters is 4. The third-order valence-electron chi connectivity index (χ3n) is 17.5. The molecule has 100 heavy (non-hydrogen) atoms. The summed E-state index contributed by atoms with van der Waals surface area (Å²) >= 11 is 5.69. The number of carboxylic acids is 2. The summed E-state index contributed by atoms with van der Waals surface area (Å²) < 4.78 is 11.3. The van der Waals surface area contributed by atoms with Gasteiger partial charge in [-0.3, -0.25) is 38.5 Å². The second-order valence-corrected chi connectivity index (χ2v) is 25.3. The number of unbranched alkanes of at least 4 members (excludes halogenated alkanes) is 3. The quantitative estimate of drug-likeness (QED) is 0.0107. The van der Waals surface area contributed by atoms with E-state index in [1.165, 1.54) is 40.7 Å². The molecule has 6 rings (SSSR count). The minimum Gasteiger partial charge on any atom is -0.481 e. The predicted octanol–water partition coefficient (Wildman–Crippen LogP) is 20.4. The van der Waals surface area contributed by atoms with Crippen LogP contribution >= 0.6 is 11.6 Å². The summed E-state index contributed by atoms with van der Waals surface area (Å²) in [5, 5.41) is 25.6. The Labute approximate surface area is 616 Å². The van der Waals surface area contributed by atoms with Gasteiger partial charge in [-0.15, -0.1) is 11.6 Å². The van der Waals surface area contributed by atoms with Crippen LogP contribution in [0.4, 0.5) is 0 Å². The third-order valence-corrected chi connectivity index (χ3v) is 17.8. The first-order valence-corrected chi connectivity index (χ1v) is 34.3. The Kier molecular flexibility index (Phi) is 74.2. The number of aliphatic hydroxyl groups excluding tert-OH is 1. The number of aliphatic carboxylic acids is 2. The molecule has 2 aliphatic heterocycles. The van der Waals surface area contributed by atoms with Crippen LogP contribution < -0.4 is 16.0 Å². The second-order valence-electron chi connectivity index (χ2n) is 25.0. The minimum absolute atomic E-state index is 0. The lowest BCUT2D eigenvalue weighted by Gasteiger charge is -2.20. The van der Waals surface area contributed by atoms with Crippen LogP contribution in [0, 0.1) is 47.3 Å². The lowest BCUT2D eigenvalue weighted by atomic mass is 9.85. The maximum atomic E-state index is 11.5. The standard InChI is InChI=1S/C22H30N2O2.C14H16O3.C11H15Cl.C9H19NO.C9H14O4.C5H13N.C5H10O2.8CH4/c1-3-19(17-18(2)20-8-12-23-13-9-20)21-10-15-24(16-11-21)14-6-4-5-7-22(25)26;1-9(11-6-4-3-5-7-11)8-12-10(2)13(15)17-14(12)16;1-3-9(2)11-6-4-10(8-12)5-7-11;1-3-9(8(2)11)6-4-5-7-10;1-5(4-10)3-7-6(2)8(11)13-9(7)12;1-3-5(2)4-6;1-3-4(2)5(6)7;;;;;;;;/h8-13,15-16,18-19H,3-7,14,17H2,1-2H3;3-7,9-10,12H,8H2,1-2H3;4-7,9H,3,8H2,1-2H3;9H,3-7,10H2,1-2H3;5-7,10H,3-4H2,1-2H3;5H,3-4,6H2,1-2H3;4H,3H2,1-2H3,(H,6,7);8*1H4/p+1. The van der Waals surface area contributed by atoms with Gasteiger partial charge in [-0.25, -0.2) is 4.57 Å². The monoisotopic (exact) mass is 1430 g/mol. The number of pyridine rings is 2. The Morgan fingerprint density at radius 1 is 0.560 bits per heavy atom. The number of nitrogens with zero attached hydrogens (tertiary/aromatic N) is 2. The van der Waals surface area contributed by atoms with Crippen LogP contribution in [0.15, 0.2) is 104 Å². The first-order valence-electron chi connectivity index (χ1n) is 33.8. The fourth-order valence-electron chi connectivity index (χ4n) is 9.85. The predicted molar refractivity (Wildman–Crippen MR) is 422 cm³/mol. The smallest absolute Gasteiger partial charge is 0.317 e. The summed E-state index contributed by atoms with van der Waals surface area (Å²) in [6, 6.07) is 27.3. The molecule has 4 aromatic rings. The van der Waals surface area contributed by atoms with Gasteiger partial charge in [0.15, 0.2) is 12.4 Å². The highest BCUT2D eigenvalue weighted by Gasteiger charge is 2.42. The van der Waals surface area contributed by atoms with E-state index in [9.17, 15) is 33.6 Å². The molecule has 4 heterocycles. The molecule has 12 unspecified atom stereocenters. The number of carbonyl (C=O) groups is 7. The van der Waals surface area contributed by atoms with Crippen molar-refractivity contribution in [2.45, 2.75) is 289 Å². The van der Waals surface area contributed by atoms with E-state index in [0.29, 0.717) is 48.2 Å². The Hall–Kier alpha value is -6.20. The molecule has 2 saturated heterocycles. The molecule has 2 aliphatic rings. The third kappa shape index (κ3) is 47.1. The molecule has 12 atom stereocenters. The van der Waals surface area contributed by atoms with Crippen LogP contribution in [0.2, 0.25) is 0 Å². The Morgan fingerprint density at radius 3 is 1.43 bits per heavy atom. The maximum absolute atomic E-state index is 11.5. The number of halogens is 1. The topological polar surface area (TPSA) is 267 Å². The molecule has 0 aliphatic carbocycles. The molecule has 0 radical (unpaired) electrons. The van der Waals surface area contributed by atoms with Gasteiger partial charge in [0.1, 0.15) is 12.3 Å². The molecule has 16 nitrogen and oxygen atoms in total. The van der Waals surface area contributed by atoms with Crippen LogP contribution in [0.25, 0.3) is 0 Å². The number of nitrogens with two attached hydrogens (primary N) is 2. The van der Waals surface area contributed by atoms with E-state index in [2.05, 4.69) is 135 Å². The van der Waals surface area contributed by atoms with Crippen molar-refractivity contribution in [1.82, 2.24) is 4.98 Å². The molecular formula is C83H150ClN4O12+. The van der Waals surface area contributed by atoms with Crippen LogP contribution in [0.1, 0.15) is 304 Å². The van der Waals surface area contributed by atoms with E-state index < -0.39 is 23.9 Å². The highest BCUT2D eigenvalue weighted by molar-refractivity contribution is 6.17. The molecule has 7 N–H and O–H groups in total. The Balaban J connectivity index is -0.000000143. The summed E-state index contributed by atoms with van der Waals surface area (Å²) in [5.74, 6) is -0.616. The molecule has 580 valence electrons. The molecule has 2 aromatic heterocycles. The van der Waals surface area contributed by atoms with Gasteiger partial charge in [0.2, 0.25) is 0 Å². The molecule has 0 spiro atoms. The molecule has 2 aromatic carbocycles. The maximum Gasteiger partial charge on any atom is 0.317 e. The van der Waals surface area contributed by atoms with Crippen molar-refractivity contribution in [1.29, 1.82) is 0 Å². The van der Waals surface area contributed by atoms with Gasteiger partial charge in [0.05, 0.1) is 29.6 Å². The zero-order chi connectivity index (χ0) is 69.7. The van der Waals surface area contributed by atoms with Crippen molar-refractivity contribution in [2.24, 2.45) is 58.8 Å². The van der Waals surface area contributed by atoms with E-state index in [1.54, 1.807) is 27.7 Å². The summed E-state index contributed by atoms with van der Waals surface area (Å²) in [5.41, 5.74) is 17.2. The number of hydrogen-bond acceptors (Lipinski definition) is 13. The zero-order valence-electron chi connectivity index (χ0n) is 58.3. The molecule has 2 fully saturated rings. The molecular weight excluding hydrogens is 1280 g/mol. The molecule has 17 heteroatoms. The number of rotatable bonds is 30. The fraction of sp³-hybridized carbons (Fsp3) is 0.651. The van der Waals surface area contributed by atoms with E-state index in [0.717, 1.165) is 83.8 Å². The largest absolute Gasteiger partial charge is 0.481 e. The number of ketones is 1. The number of benzene rings is 2. The number of carboxylic acid groups (broad SMARTS) is 2. The minimum atomic E-state index is -0.706. The van der Waals surface area contributed by atoms with Crippen molar-refractivity contribution >= 4 is 53.2 Å². The van der Waals surface area contributed by atoms with Crippen molar-refractivity contribution in [3.8, 4) is 0 Å². The average Bonchev–Trinajstić information content (AvgIpc) is 1.64. The average molecular weight is 1430 g/mol. The van der Waals surface area contributed by atoms with Crippen molar-refractivity contribution in [3.63, 3.8) is 0 Å². The number of hydrogen-bond donors (Lipinski definition) is 5. The normalized spacial score (nSPS) is 16.6. The number of aromatic nitrogens is 2. The number of aryl methyl sites for hydroxylation is 1. The lowest BCUT2D eigenvalue weighted by molar-refractivity contribution is -0.697. The second kappa shape index (κ2) is 66.1. The van der Waals surface area contributed by atoms with E-state index in [4.69, 9.17) is 38.4 Å². The fourth-order valence-corrected chi connectivity index (χ4v) is 10.0. The van der Waals surface area contributed by atoms with E-state index in [-0.39, 0.29) is 132 Å². The van der Waals surface area contributed by atoms with Gasteiger partial charge in [0, 0.05) is 55.8 Å². The summed E-state index contributed by atoms with van der Waals surface area (Å²) in [6.45, 7) is 30.5. The summed E-state index contributed by atoms with van der Waals surface area (Å²) in [4.78, 5) is 80.4. The lowest BCUT2D eigenvalue weighted by Crippen LogP contribution is -2.32. The van der Waals surface area contributed by atoms with Crippen molar-refractivity contribution in [3.05, 3.63) is 131 Å². The first-order chi connectivity index (χ1) is 43.7. The van der Waals surface area contributed by atoms with Crippen LogP contribution in [0.3, 0.4) is 0 Å². The highest BCUT2D eigenvalue weighted by atomic mass is 35.5. The summed E-state index contributed by atoms with van der Waals surface area (Å²) in [7, 11) is 0. The van der Waals surface area contributed by atoms with E-state index >= 15 is 0 Å². The van der Waals surface area contributed by atoms with Gasteiger partial charge in [-0.1, -0.05) is 217 Å². The number of ether oxygens (including phenoxy) is 2. The van der Waals surface area contributed by atoms with Crippen LogP contribution in [-0.2, 0) is 55.5 Å². The number of aliphatic hydroxyl groups is 1. The van der Waals surface area contributed by atoms with Crippen molar-refractivity contribution in [2.75, 3.05) is 19.7 Å². The number of cyclic esters (lactones) is 4. The highest BCUT2D eigenvalue weighted by Crippen LogP contribution is 2.34. The molecule has 0 amide bonds. The summed E-state index contributed by atoms with van der Waals surface area (Å²) in [6.07, 6.45) is 21.8. The number of alkyl halides is 1. The molecule has 0 bridgehead atoms. The van der Waals surface area contributed by atoms with Gasteiger partial charge < -0.3 is 36.3 Å². The Morgan fingerprint density at radius 2 is 1.06 bits per heavy atom. The Bertz CT molecular complexity index is 2640.